The number of carbonyl (C=O) groups is 1. The average Bonchev–Trinajstić information content (AvgIpc) is 2.26. The number of hydrogen-bond acceptors (Lipinski definition) is 2. The lowest BCUT2D eigenvalue weighted by Gasteiger charge is -2.03. The summed E-state index contributed by atoms with van der Waals surface area (Å²) in [6.07, 6.45) is 8.65. The van der Waals surface area contributed by atoms with E-state index in [4.69, 9.17) is 4.74 Å². The highest BCUT2D eigenvalue weighted by Gasteiger charge is 1.97. The van der Waals surface area contributed by atoms with E-state index in [0.717, 1.165) is 19.6 Å². The van der Waals surface area contributed by atoms with Crippen LogP contribution in [0, 0.1) is 0 Å². The van der Waals surface area contributed by atoms with Crippen LogP contribution in [0.5, 0.6) is 0 Å². The first kappa shape index (κ1) is 14.6. The zero-order valence-electron chi connectivity index (χ0n) is 10.4. The SMILES string of the molecule is CCCCCCCOCCCC(=O)CC. The van der Waals surface area contributed by atoms with Crippen molar-refractivity contribution in [3.05, 3.63) is 0 Å². The quantitative estimate of drug-likeness (QED) is 0.490. The minimum Gasteiger partial charge on any atom is -0.381 e. The molecular weight excluding hydrogens is 188 g/mol. The number of carbonyl (C=O) groups excluding carboxylic acids is 1. The fourth-order valence-electron chi connectivity index (χ4n) is 1.46. The Hall–Kier alpha value is -0.370. The van der Waals surface area contributed by atoms with Crippen molar-refractivity contribution in [3.63, 3.8) is 0 Å². The Balaban J connectivity index is 2.95. The van der Waals surface area contributed by atoms with Crippen molar-refractivity contribution in [3.8, 4) is 0 Å². The van der Waals surface area contributed by atoms with Crippen molar-refractivity contribution in [1.29, 1.82) is 0 Å². The minimum absolute atomic E-state index is 0.349. The first-order valence-corrected chi connectivity index (χ1v) is 6.40. The monoisotopic (exact) mass is 214 g/mol. The minimum atomic E-state index is 0.349. The van der Waals surface area contributed by atoms with Crippen LogP contribution in [0.4, 0.5) is 0 Å². The largest absolute Gasteiger partial charge is 0.381 e. The van der Waals surface area contributed by atoms with E-state index >= 15 is 0 Å². The summed E-state index contributed by atoms with van der Waals surface area (Å²) in [5.74, 6) is 0.349. The van der Waals surface area contributed by atoms with E-state index < -0.39 is 0 Å². The third-order valence-corrected chi connectivity index (χ3v) is 2.53. The van der Waals surface area contributed by atoms with E-state index in [0.29, 0.717) is 18.6 Å². The molecule has 0 unspecified atom stereocenters. The van der Waals surface area contributed by atoms with E-state index in [1.54, 1.807) is 0 Å². The van der Waals surface area contributed by atoms with Gasteiger partial charge in [-0.2, -0.15) is 0 Å². The van der Waals surface area contributed by atoms with Crippen LogP contribution >= 0.6 is 0 Å². The zero-order chi connectivity index (χ0) is 11.4. The molecule has 0 rings (SSSR count). The van der Waals surface area contributed by atoms with Crippen LogP contribution in [0.1, 0.15) is 65.2 Å². The van der Waals surface area contributed by atoms with Crippen molar-refractivity contribution >= 4 is 5.78 Å². The zero-order valence-corrected chi connectivity index (χ0v) is 10.4. The summed E-state index contributed by atoms with van der Waals surface area (Å²) >= 11 is 0. The molecule has 0 N–H and O–H groups in total. The van der Waals surface area contributed by atoms with Gasteiger partial charge in [-0.3, -0.25) is 4.79 Å². The molecule has 0 aromatic heterocycles. The van der Waals surface area contributed by atoms with Crippen LogP contribution in [0.3, 0.4) is 0 Å². The summed E-state index contributed by atoms with van der Waals surface area (Å²) in [7, 11) is 0. The van der Waals surface area contributed by atoms with Gasteiger partial charge in [0, 0.05) is 26.1 Å². The Bertz CT molecular complexity index is 143. The maximum Gasteiger partial charge on any atom is 0.132 e. The predicted molar refractivity (Wildman–Crippen MR) is 64.1 cm³/mol. The molecule has 0 aromatic rings. The lowest BCUT2D eigenvalue weighted by atomic mass is 10.2. The molecule has 0 spiro atoms. The molecule has 0 aliphatic heterocycles. The fraction of sp³-hybridized carbons (Fsp3) is 0.923. The van der Waals surface area contributed by atoms with Crippen LogP contribution in [0.25, 0.3) is 0 Å². The summed E-state index contributed by atoms with van der Waals surface area (Å²) in [5, 5.41) is 0. The average molecular weight is 214 g/mol. The highest BCUT2D eigenvalue weighted by Crippen LogP contribution is 2.03. The smallest absolute Gasteiger partial charge is 0.132 e. The van der Waals surface area contributed by atoms with E-state index in [1.165, 1.54) is 32.1 Å². The number of ether oxygens (including phenoxy) is 1. The molecule has 0 fully saturated rings. The van der Waals surface area contributed by atoms with Gasteiger partial charge in [-0.25, -0.2) is 0 Å². The second kappa shape index (κ2) is 11.7. The maximum atomic E-state index is 11.0. The first-order valence-electron chi connectivity index (χ1n) is 6.40. The second-order valence-corrected chi connectivity index (χ2v) is 4.02. The van der Waals surface area contributed by atoms with Crippen molar-refractivity contribution < 1.29 is 9.53 Å². The highest BCUT2D eigenvalue weighted by atomic mass is 16.5. The molecule has 0 saturated heterocycles. The molecule has 15 heavy (non-hydrogen) atoms. The third-order valence-electron chi connectivity index (χ3n) is 2.53. The molecule has 0 atom stereocenters. The summed E-state index contributed by atoms with van der Waals surface area (Å²) in [4.78, 5) is 11.0. The summed E-state index contributed by atoms with van der Waals surface area (Å²) < 4.78 is 5.46. The Morgan fingerprint density at radius 1 is 0.933 bits per heavy atom. The van der Waals surface area contributed by atoms with Gasteiger partial charge in [0.1, 0.15) is 5.78 Å². The molecule has 2 nitrogen and oxygen atoms in total. The molecule has 0 aromatic carbocycles. The van der Waals surface area contributed by atoms with E-state index in [2.05, 4.69) is 6.92 Å². The molecule has 0 amide bonds. The molecule has 0 aliphatic rings. The Labute approximate surface area is 94.4 Å². The highest BCUT2D eigenvalue weighted by molar-refractivity contribution is 5.77. The Kier molecular flexibility index (Phi) is 11.4. The molecular formula is C13H26O2. The molecule has 0 aliphatic carbocycles. The lowest BCUT2D eigenvalue weighted by molar-refractivity contribution is -0.119. The summed E-state index contributed by atoms with van der Waals surface area (Å²) in [5.41, 5.74) is 0. The lowest BCUT2D eigenvalue weighted by Crippen LogP contribution is -2.01. The van der Waals surface area contributed by atoms with Crippen LogP contribution in [-0.4, -0.2) is 19.0 Å². The van der Waals surface area contributed by atoms with Gasteiger partial charge in [0.25, 0.3) is 0 Å². The normalized spacial score (nSPS) is 10.5. The van der Waals surface area contributed by atoms with E-state index in [1.807, 2.05) is 6.92 Å². The summed E-state index contributed by atoms with van der Waals surface area (Å²) in [6.45, 7) is 5.75. The van der Waals surface area contributed by atoms with Gasteiger partial charge in [0.05, 0.1) is 0 Å². The topological polar surface area (TPSA) is 26.3 Å². The van der Waals surface area contributed by atoms with E-state index in [9.17, 15) is 4.79 Å². The van der Waals surface area contributed by atoms with Gasteiger partial charge in [0.2, 0.25) is 0 Å². The fourth-order valence-corrected chi connectivity index (χ4v) is 1.46. The van der Waals surface area contributed by atoms with Crippen LogP contribution in [0.2, 0.25) is 0 Å². The standard InChI is InChI=1S/C13H26O2/c1-3-5-6-7-8-11-15-12-9-10-13(14)4-2/h3-12H2,1-2H3. The molecule has 0 heterocycles. The van der Waals surface area contributed by atoms with Gasteiger partial charge in [-0.15, -0.1) is 0 Å². The molecule has 90 valence electrons. The van der Waals surface area contributed by atoms with E-state index in [-0.39, 0.29) is 0 Å². The van der Waals surface area contributed by atoms with Crippen molar-refractivity contribution in [2.24, 2.45) is 0 Å². The number of hydrogen-bond donors (Lipinski definition) is 0. The van der Waals surface area contributed by atoms with Crippen LogP contribution in [0.15, 0.2) is 0 Å². The molecule has 0 saturated carbocycles. The molecule has 0 radical (unpaired) electrons. The van der Waals surface area contributed by atoms with Crippen LogP contribution < -0.4 is 0 Å². The number of unbranched alkanes of at least 4 members (excludes halogenated alkanes) is 4. The summed E-state index contributed by atoms with van der Waals surface area (Å²) in [6, 6.07) is 0. The van der Waals surface area contributed by atoms with Gasteiger partial charge in [0.15, 0.2) is 0 Å². The number of ketones is 1. The van der Waals surface area contributed by atoms with Crippen molar-refractivity contribution in [1.82, 2.24) is 0 Å². The Morgan fingerprint density at radius 2 is 1.60 bits per heavy atom. The number of rotatable bonds is 11. The molecule has 2 heteroatoms. The maximum absolute atomic E-state index is 11.0. The van der Waals surface area contributed by atoms with Gasteiger partial charge in [-0.1, -0.05) is 39.5 Å². The van der Waals surface area contributed by atoms with Crippen LogP contribution in [-0.2, 0) is 9.53 Å². The number of Topliss-reactive ketones (excluding diaryl/α,β-unsaturated/α-hetero) is 1. The van der Waals surface area contributed by atoms with Crippen molar-refractivity contribution in [2.45, 2.75) is 65.2 Å². The first-order chi connectivity index (χ1) is 7.31. The second-order valence-electron chi connectivity index (χ2n) is 4.02. The Morgan fingerprint density at radius 3 is 2.27 bits per heavy atom. The van der Waals surface area contributed by atoms with Gasteiger partial charge >= 0.3 is 0 Å². The van der Waals surface area contributed by atoms with Crippen molar-refractivity contribution in [2.75, 3.05) is 13.2 Å². The third kappa shape index (κ3) is 11.6. The molecule has 0 bridgehead atoms. The predicted octanol–water partition coefficient (Wildman–Crippen LogP) is 3.73. The van der Waals surface area contributed by atoms with Gasteiger partial charge in [-0.05, 0) is 12.8 Å². The van der Waals surface area contributed by atoms with Gasteiger partial charge < -0.3 is 4.74 Å².